The molecular formula is C13H19ClN4O. The molecule has 19 heavy (non-hydrogen) atoms. The topological polar surface area (TPSA) is 55.9 Å². The van der Waals surface area contributed by atoms with Gasteiger partial charge in [0.2, 0.25) is 5.89 Å². The Labute approximate surface area is 118 Å². The normalized spacial score (nSPS) is 11.2. The molecule has 2 aromatic heterocycles. The van der Waals surface area contributed by atoms with Crippen LogP contribution in [0.25, 0.3) is 0 Å². The van der Waals surface area contributed by atoms with Crippen molar-refractivity contribution in [2.45, 2.75) is 46.8 Å². The van der Waals surface area contributed by atoms with Crippen LogP contribution in [-0.4, -0.2) is 14.8 Å². The summed E-state index contributed by atoms with van der Waals surface area (Å²) in [7, 11) is 0. The molecule has 0 atom stereocenters. The number of nitrogens with zero attached hydrogens (tertiary/aromatic N) is 3. The van der Waals surface area contributed by atoms with Gasteiger partial charge in [-0.25, -0.2) is 4.98 Å². The number of hydrogen-bond acceptors (Lipinski definition) is 4. The minimum absolute atomic E-state index is 0.584. The molecule has 5 nitrogen and oxygen atoms in total. The first-order chi connectivity index (χ1) is 9.15. The van der Waals surface area contributed by atoms with E-state index in [1.807, 2.05) is 11.6 Å². The maximum atomic E-state index is 6.33. The molecule has 0 aliphatic rings. The second-order valence-corrected chi connectivity index (χ2v) is 4.72. The van der Waals surface area contributed by atoms with Crippen LogP contribution in [-0.2, 0) is 26.1 Å². The van der Waals surface area contributed by atoms with Gasteiger partial charge in [-0.05, 0) is 20.3 Å². The van der Waals surface area contributed by atoms with Gasteiger partial charge in [-0.3, -0.25) is 4.68 Å². The van der Waals surface area contributed by atoms with Crippen molar-refractivity contribution in [2.75, 3.05) is 0 Å². The quantitative estimate of drug-likeness (QED) is 0.885. The second-order valence-electron chi connectivity index (χ2n) is 4.34. The third-order valence-corrected chi connectivity index (χ3v) is 3.37. The molecule has 0 radical (unpaired) electrons. The van der Waals surface area contributed by atoms with E-state index in [0.717, 1.165) is 35.1 Å². The van der Waals surface area contributed by atoms with E-state index in [0.29, 0.717) is 19.0 Å². The van der Waals surface area contributed by atoms with Crippen molar-refractivity contribution in [2.24, 2.45) is 0 Å². The first kappa shape index (κ1) is 14.1. The predicted octanol–water partition coefficient (Wildman–Crippen LogP) is 2.71. The summed E-state index contributed by atoms with van der Waals surface area (Å²) in [6.07, 6.45) is 2.56. The molecule has 0 amide bonds. The molecule has 0 aromatic carbocycles. The van der Waals surface area contributed by atoms with Crippen LogP contribution < -0.4 is 5.32 Å². The third-order valence-electron chi connectivity index (χ3n) is 2.93. The number of rotatable bonds is 6. The number of aromatic nitrogens is 3. The fraction of sp³-hybridized carbons (Fsp3) is 0.538. The molecule has 0 fully saturated rings. The van der Waals surface area contributed by atoms with Crippen LogP contribution in [0.15, 0.2) is 10.6 Å². The fourth-order valence-corrected chi connectivity index (χ4v) is 2.29. The van der Waals surface area contributed by atoms with E-state index in [2.05, 4.69) is 29.2 Å². The Morgan fingerprint density at radius 2 is 2.16 bits per heavy atom. The van der Waals surface area contributed by atoms with E-state index in [4.69, 9.17) is 16.0 Å². The van der Waals surface area contributed by atoms with Crippen LogP contribution in [0.5, 0.6) is 0 Å². The molecule has 0 bridgehead atoms. The van der Waals surface area contributed by atoms with Gasteiger partial charge >= 0.3 is 0 Å². The van der Waals surface area contributed by atoms with Crippen molar-refractivity contribution >= 4 is 11.6 Å². The maximum Gasteiger partial charge on any atom is 0.208 e. The molecule has 0 aliphatic heterocycles. The van der Waals surface area contributed by atoms with Gasteiger partial charge < -0.3 is 9.73 Å². The lowest BCUT2D eigenvalue weighted by atomic mass is 10.3. The minimum Gasteiger partial charge on any atom is -0.445 e. The van der Waals surface area contributed by atoms with Crippen LogP contribution in [0.4, 0.5) is 0 Å². The number of aryl methyl sites for hydroxylation is 3. The monoisotopic (exact) mass is 282 g/mol. The van der Waals surface area contributed by atoms with Gasteiger partial charge in [0.05, 0.1) is 29.2 Å². The van der Waals surface area contributed by atoms with Crippen LogP contribution >= 0.6 is 11.6 Å². The molecule has 2 aromatic rings. The van der Waals surface area contributed by atoms with Gasteiger partial charge in [0.25, 0.3) is 0 Å². The Kier molecular flexibility index (Phi) is 4.61. The Hall–Kier alpha value is -1.33. The third kappa shape index (κ3) is 3.16. The first-order valence-electron chi connectivity index (χ1n) is 6.51. The van der Waals surface area contributed by atoms with Crippen LogP contribution in [0, 0.1) is 6.92 Å². The highest BCUT2D eigenvalue weighted by Crippen LogP contribution is 2.21. The number of hydrogen-bond donors (Lipinski definition) is 1. The van der Waals surface area contributed by atoms with Gasteiger partial charge in [0, 0.05) is 13.1 Å². The summed E-state index contributed by atoms with van der Waals surface area (Å²) in [4.78, 5) is 4.15. The SMILES string of the molecule is CCc1nn(CC)c(CNCc2ncc(C)o2)c1Cl. The average Bonchev–Trinajstić information content (AvgIpc) is 2.94. The smallest absolute Gasteiger partial charge is 0.208 e. The molecule has 104 valence electrons. The summed E-state index contributed by atoms with van der Waals surface area (Å²) in [5.41, 5.74) is 1.97. The summed E-state index contributed by atoms with van der Waals surface area (Å²) >= 11 is 6.33. The minimum atomic E-state index is 0.584. The van der Waals surface area contributed by atoms with E-state index >= 15 is 0 Å². The number of oxazole rings is 1. The predicted molar refractivity (Wildman–Crippen MR) is 74.1 cm³/mol. The molecule has 6 heteroatoms. The number of nitrogens with one attached hydrogen (secondary N) is 1. The summed E-state index contributed by atoms with van der Waals surface area (Å²) < 4.78 is 7.35. The Bertz CT molecular complexity index is 547. The molecule has 0 aliphatic carbocycles. The Balaban J connectivity index is 2.00. The van der Waals surface area contributed by atoms with E-state index in [1.54, 1.807) is 6.20 Å². The first-order valence-corrected chi connectivity index (χ1v) is 6.89. The highest BCUT2D eigenvalue weighted by atomic mass is 35.5. The zero-order valence-electron chi connectivity index (χ0n) is 11.5. The molecule has 2 rings (SSSR count). The summed E-state index contributed by atoms with van der Waals surface area (Å²) in [5.74, 6) is 1.51. The lowest BCUT2D eigenvalue weighted by Crippen LogP contribution is -2.16. The average molecular weight is 283 g/mol. The van der Waals surface area contributed by atoms with Gasteiger partial charge in [0.1, 0.15) is 5.76 Å². The van der Waals surface area contributed by atoms with Crippen molar-refractivity contribution in [1.29, 1.82) is 0 Å². The van der Waals surface area contributed by atoms with Crippen molar-refractivity contribution < 1.29 is 4.42 Å². The van der Waals surface area contributed by atoms with Gasteiger partial charge in [-0.1, -0.05) is 18.5 Å². The van der Waals surface area contributed by atoms with E-state index in [9.17, 15) is 0 Å². The maximum absolute atomic E-state index is 6.33. The summed E-state index contributed by atoms with van der Waals surface area (Å²) in [6.45, 7) is 8.05. The van der Waals surface area contributed by atoms with Crippen molar-refractivity contribution in [3.8, 4) is 0 Å². The largest absolute Gasteiger partial charge is 0.445 e. The molecule has 0 saturated heterocycles. The van der Waals surface area contributed by atoms with Gasteiger partial charge in [0.15, 0.2) is 0 Å². The van der Waals surface area contributed by atoms with E-state index in [1.165, 1.54) is 0 Å². The molecular weight excluding hydrogens is 264 g/mol. The molecule has 0 spiro atoms. The zero-order chi connectivity index (χ0) is 13.8. The highest BCUT2D eigenvalue weighted by molar-refractivity contribution is 6.31. The Morgan fingerprint density at radius 1 is 1.37 bits per heavy atom. The van der Waals surface area contributed by atoms with Crippen LogP contribution in [0.3, 0.4) is 0 Å². The molecule has 2 heterocycles. The molecule has 0 unspecified atom stereocenters. The van der Waals surface area contributed by atoms with Gasteiger partial charge in [-0.15, -0.1) is 0 Å². The lowest BCUT2D eigenvalue weighted by molar-refractivity contribution is 0.445. The van der Waals surface area contributed by atoms with Crippen LogP contribution in [0.1, 0.15) is 36.9 Å². The standard InChI is InChI=1S/C13H19ClN4O/c1-4-10-13(14)11(18(5-2)17-10)7-15-8-12-16-6-9(3)19-12/h6,15H,4-5,7-8H2,1-3H3. The molecule has 0 saturated carbocycles. The van der Waals surface area contributed by atoms with Crippen molar-refractivity contribution in [1.82, 2.24) is 20.1 Å². The Morgan fingerprint density at radius 3 is 2.74 bits per heavy atom. The molecule has 1 N–H and O–H groups in total. The van der Waals surface area contributed by atoms with E-state index < -0.39 is 0 Å². The van der Waals surface area contributed by atoms with Gasteiger partial charge in [-0.2, -0.15) is 5.10 Å². The zero-order valence-corrected chi connectivity index (χ0v) is 12.3. The summed E-state index contributed by atoms with van der Waals surface area (Å²) in [5, 5.41) is 8.53. The highest BCUT2D eigenvalue weighted by Gasteiger charge is 2.13. The fourth-order valence-electron chi connectivity index (χ4n) is 1.96. The summed E-state index contributed by atoms with van der Waals surface area (Å²) in [6, 6.07) is 0. The number of halogens is 1. The van der Waals surface area contributed by atoms with Crippen molar-refractivity contribution in [3.63, 3.8) is 0 Å². The lowest BCUT2D eigenvalue weighted by Gasteiger charge is -2.05. The van der Waals surface area contributed by atoms with E-state index in [-0.39, 0.29) is 0 Å². The second kappa shape index (κ2) is 6.21. The van der Waals surface area contributed by atoms with Crippen LogP contribution in [0.2, 0.25) is 5.02 Å². The van der Waals surface area contributed by atoms with Crippen molar-refractivity contribution in [3.05, 3.63) is 34.3 Å².